The van der Waals surface area contributed by atoms with Crippen molar-refractivity contribution in [3.8, 4) is 0 Å². The monoisotopic (exact) mass is 286 g/mol. The molecule has 0 atom stereocenters. The van der Waals surface area contributed by atoms with Crippen LogP contribution in [-0.4, -0.2) is 24.7 Å². The summed E-state index contributed by atoms with van der Waals surface area (Å²) < 4.78 is 7.29. The summed E-state index contributed by atoms with van der Waals surface area (Å²) in [6.07, 6.45) is 0.661. The second-order valence-electron chi connectivity index (χ2n) is 5.20. The van der Waals surface area contributed by atoms with Gasteiger partial charge in [-0.2, -0.15) is 4.98 Å². The molecular formula is C14H18N6O. The molecule has 3 rings (SSSR count). The van der Waals surface area contributed by atoms with E-state index in [9.17, 15) is 0 Å². The molecule has 0 aliphatic heterocycles. The van der Waals surface area contributed by atoms with Gasteiger partial charge in [0.25, 0.3) is 0 Å². The second-order valence-corrected chi connectivity index (χ2v) is 5.20. The first-order chi connectivity index (χ1) is 9.97. The Balaban J connectivity index is 2.03. The summed E-state index contributed by atoms with van der Waals surface area (Å²) in [6, 6.07) is 0. The van der Waals surface area contributed by atoms with Crippen LogP contribution in [-0.2, 0) is 13.0 Å². The number of aromatic nitrogens is 5. The molecule has 0 fully saturated rings. The van der Waals surface area contributed by atoms with Crippen molar-refractivity contribution in [3.63, 3.8) is 0 Å². The van der Waals surface area contributed by atoms with Crippen LogP contribution in [0.5, 0.6) is 0 Å². The first-order valence-corrected chi connectivity index (χ1v) is 6.86. The molecular weight excluding hydrogens is 268 g/mol. The van der Waals surface area contributed by atoms with Gasteiger partial charge >= 0.3 is 0 Å². The number of fused-ring (bicyclic) bond motifs is 1. The highest BCUT2D eigenvalue weighted by Gasteiger charge is 2.16. The van der Waals surface area contributed by atoms with Gasteiger partial charge in [-0.25, -0.2) is 9.97 Å². The van der Waals surface area contributed by atoms with E-state index in [1.54, 1.807) is 0 Å². The SMILES string of the molecule is Cc1noc(CCn2c(C)c(C)c3c(N)nc(C)nc32)n1. The lowest BCUT2D eigenvalue weighted by Gasteiger charge is -2.06. The molecule has 0 unspecified atom stereocenters. The molecule has 0 saturated heterocycles. The van der Waals surface area contributed by atoms with E-state index in [4.69, 9.17) is 10.3 Å². The Morgan fingerprint density at radius 1 is 1.05 bits per heavy atom. The van der Waals surface area contributed by atoms with E-state index < -0.39 is 0 Å². The molecule has 0 amide bonds. The van der Waals surface area contributed by atoms with Gasteiger partial charge < -0.3 is 14.8 Å². The van der Waals surface area contributed by atoms with Crippen LogP contribution in [0, 0.1) is 27.7 Å². The van der Waals surface area contributed by atoms with Crippen LogP contribution in [0.1, 0.15) is 28.8 Å². The highest BCUT2D eigenvalue weighted by molar-refractivity contribution is 5.91. The van der Waals surface area contributed by atoms with Crippen LogP contribution >= 0.6 is 0 Å². The standard InChI is InChI=1S/C14H18N6O/c1-7-8(2)20(6-5-11-16-10(4)19-21-11)14-12(7)13(15)17-9(3)18-14/h5-6H2,1-4H3,(H2,15,17,18). The summed E-state index contributed by atoms with van der Waals surface area (Å²) in [5, 5.41) is 4.74. The Morgan fingerprint density at radius 3 is 2.48 bits per heavy atom. The van der Waals surface area contributed by atoms with E-state index in [1.807, 2.05) is 20.8 Å². The van der Waals surface area contributed by atoms with E-state index in [0.29, 0.717) is 36.3 Å². The Bertz CT molecular complexity index is 817. The predicted octanol–water partition coefficient (Wildman–Crippen LogP) is 1.87. The van der Waals surface area contributed by atoms with Gasteiger partial charge in [0.15, 0.2) is 5.82 Å². The molecule has 0 saturated carbocycles. The van der Waals surface area contributed by atoms with Gasteiger partial charge in [0, 0.05) is 18.7 Å². The second kappa shape index (κ2) is 4.83. The van der Waals surface area contributed by atoms with Gasteiger partial charge in [0.2, 0.25) is 5.89 Å². The van der Waals surface area contributed by atoms with Crippen LogP contribution in [0.25, 0.3) is 11.0 Å². The summed E-state index contributed by atoms with van der Waals surface area (Å²) in [5.74, 6) is 2.49. The fourth-order valence-electron chi connectivity index (χ4n) is 2.60. The number of rotatable bonds is 3. The van der Waals surface area contributed by atoms with Gasteiger partial charge in [-0.3, -0.25) is 0 Å². The number of nitrogen functional groups attached to an aromatic ring is 1. The maximum atomic E-state index is 6.05. The van der Waals surface area contributed by atoms with Crippen LogP contribution in [0.2, 0.25) is 0 Å². The van der Waals surface area contributed by atoms with Crippen LogP contribution in [0.3, 0.4) is 0 Å². The molecule has 21 heavy (non-hydrogen) atoms. The van der Waals surface area contributed by atoms with Crippen LogP contribution in [0.15, 0.2) is 4.52 Å². The topological polar surface area (TPSA) is 95.7 Å². The molecule has 0 spiro atoms. The molecule has 3 heterocycles. The van der Waals surface area contributed by atoms with Crippen molar-refractivity contribution < 1.29 is 4.52 Å². The lowest BCUT2D eigenvalue weighted by molar-refractivity contribution is 0.368. The van der Waals surface area contributed by atoms with E-state index in [-0.39, 0.29) is 0 Å². The Hall–Kier alpha value is -2.44. The van der Waals surface area contributed by atoms with Crippen molar-refractivity contribution in [1.29, 1.82) is 0 Å². The maximum Gasteiger partial charge on any atom is 0.228 e. The van der Waals surface area contributed by atoms with Crippen molar-refractivity contribution in [2.75, 3.05) is 5.73 Å². The number of aryl methyl sites for hydroxylation is 5. The normalized spacial score (nSPS) is 11.4. The van der Waals surface area contributed by atoms with Crippen molar-refractivity contribution >= 4 is 16.9 Å². The minimum atomic E-state index is 0.533. The number of nitrogens with zero attached hydrogens (tertiary/aromatic N) is 5. The average molecular weight is 286 g/mol. The Kier molecular flexibility index (Phi) is 3.12. The third-order valence-corrected chi connectivity index (χ3v) is 3.73. The maximum absolute atomic E-state index is 6.05. The predicted molar refractivity (Wildman–Crippen MR) is 78.9 cm³/mol. The van der Waals surface area contributed by atoms with E-state index in [0.717, 1.165) is 22.3 Å². The fourth-order valence-corrected chi connectivity index (χ4v) is 2.60. The van der Waals surface area contributed by atoms with Gasteiger partial charge in [-0.1, -0.05) is 5.16 Å². The number of hydrogen-bond donors (Lipinski definition) is 1. The van der Waals surface area contributed by atoms with E-state index in [1.165, 1.54) is 0 Å². The molecule has 7 heteroatoms. The minimum absolute atomic E-state index is 0.533. The van der Waals surface area contributed by atoms with Gasteiger partial charge in [-0.15, -0.1) is 0 Å². The third kappa shape index (κ3) is 2.24. The van der Waals surface area contributed by atoms with E-state index >= 15 is 0 Å². The number of anilines is 1. The number of hydrogen-bond acceptors (Lipinski definition) is 6. The zero-order valence-corrected chi connectivity index (χ0v) is 12.6. The zero-order valence-electron chi connectivity index (χ0n) is 12.6. The quantitative estimate of drug-likeness (QED) is 0.789. The van der Waals surface area contributed by atoms with Crippen LogP contribution in [0.4, 0.5) is 5.82 Å². The average Bonchev–Trinajstić information content (AvgIpc) is 2.92. The molecule has 110 valence electrons. The van der Waals surface area contributed by atoms with Gasteiger partial charge in [0.1, 0.15) is 17.3 Å². The molecule has 0 aliphatic rings. The summed E-state index contributed by atoms with van der Waals surface area (Å²) >= 11 is 0. The molecule has 7 nitrogen and oxygen atoms in total. The van der Waals surface area contributed by atoms with Crippen LogP contribution < -0.4 is 5.73 Å². The first kappa shape index (κ1) is 13.5. The lowest BCUT2D eigenvalue weighted by Crippen LogP contribution is -2.06. The summed E-state index contributed by atoms with van der Waals surface area (Å²) in [4.78, 5) is 13.0. The highest BCUT2D eigenvalue weighted by atomic mass is 16.5. The molecule has 0 aromatic carbocycles. The molecule has 2 N–H and O–H groups in total. The lowest BCUT2D eigenvalue weighted by atomic mass is 10.2. The minimum Gasteiger partial charge on any atom is -0.383 e. The summed E-state index contributed by atoms with van der Waals surface area (Å²) in [7, 11) is 0. The molecule has 3 aromatic heterocycles. The number of nitrogens with two attached hydrogens (primary N) is 1. The molecule has 3 aromatic rings. The Labute approximate surface area is 122 Å². The summed E-state index contributed by atoms with van der Waals surface area (Å²) in [6.45, 7) is 8.47. The third-order valence-electron chi connectivity index (χ3n) is 3.73. The fraction of sp³-hybridized carbons (Fsp3) is 0.429. The first-order valence-electron chi connectivity index (χ1n) is 6.86. The Morgan fingerprint density at radius 2 is 1.81 bits per heavy atom. The van der Waals surface area contributed by atoms with Gasteiger partial charge in [0.05, 0.1) is 5.39 Å². The summed E-state index contributed by atoms with van der Waals surface area (Å²) in [5.41, 5.74) is 9.16. The van der Waals surface area contributed by atoms with E-state index in [2.05, 4.69) is 31.6 Å². The highest BCUT2D eigenvalue weighted by Crippen LogP contribution is 2.27. The smallest absolute Gasteiger partial charge is 0.228 e. The molecule has 0 aliphatic carbocycles. The van der Waals surface area contributed by atoms with Crippen molar-refractivity contribution in [1.82, 2.24) is 24.7 Å². The molecule has 0 bridgehead atoms. The zero-order chi connectivity index (χ0) is 15.1. The molecule has 0 radical (unpaired) electrons. The van der Waals surface area contributed by atoms with Crippen molar-refractivity contribution in [2.24, 2.45) is 0 Å². The van der Waals surface area contributed by atoms with Gasteiger partial charge in [-0.05, 0) is 33.3 Å². The largest absolute Gasteiger partial charge is 0.383 e. The van der Waals surface area contributed by atoms with Crippen molar-refractivity contribution in [3.05, 3.63) is 28.8 Å². The van der Waals surface area contributed by atoms with Crippen molar-refractivity contribution in [2.45, 2.75) is 40.7 Å².